The largest absolute Gasteiger partial charge is 0.385 e. The Hall–Kier alpha value is -1.84. The van der Waals surface area contributed by atoms with Crippen molar-refractivity contribution < 1.29 is 9.59 Å². The summed E-state index contributed by atoms with van der Waals surface area (Å²) < 4.78 is 0. The van der Waals surface area contributed by atoms with Gasteiger partial charge in [0, 0.05) is 31.6 Å². The first-order valence-corrected chi connectivity index (χ1v) is 7.93. The highest BCUT2D eigenvalue weighted by Crippen LogP contribution is 2.26. The number of imide groups is 1. The van der Waals surface area contributed by atoms with E-state index in [1.165, 1.54) is 28.1 Å². The Morgan fingerprint density at radius 1 is 1.00 bits per heavy atom. The van der Waals surface area contributed by atoms with E-state index in [2.05, 4.69) is 23.5 Å². The fraction of sp³-hybridized carbons (Fsp3) is 0.529. The van der Waals surface area contributed by atoms with Crippen molar-refractivity contribution in [3.63, 3.8) is 0 Å². The highest BCUT2D eigenvalue weighted by molar-refractivity contribution is 5.96. The molecule has 4 nitrogen and oxygen atoms in total. The van der Waals surface area contributed by atoms with Gasteiger partial charge < -0.3 is 5.32 Å². The smallest absolute Gasteiger partial charge is 0.229 e. The molecule has 21 heavy (non-hydrogen) atoms. The van der Waals surface area contributed by atoms with E-state index < -0.39 is 0 Å². The predicted molar refractivity (Wildman–Crippen MR) is 82.1 cm³/mol. The van der Waals surface area contributed by atoms with E-state index in [9.17, 15) is 9.59 Å². The van der Waals surface area contributed by atoms with Crippen molar-refractivity contribution in [2.45, 2.75) is 44.9 Å². The number of para-hydroxylation sites is 1. The lowest BCUT2D eigenvalue weighted by Gasteiger charge is -2.23. The van der Waals surface area contributed by atoms with Crippen LogP contribution in [0.25, 0.3) is 0 Å². The summed E-state index contributed by atoms with van der Waals surface area (Å²) in [5.74, 6) is -0.00878. The first-order valence-electron chi connectivity index (χ1n) is 7.93. The summed E-state index contributed by atoms with van der Waals surface area (Å²) in [7, 11) is 0. The summed E-state index contributed by atoms with van der Waals surface area (Å²) in [6, 6.07) is 6.34. The molecule has 112 valence electrons. The quantitative estimate of drug-likeness (QED) is 0.869. The summed E-state index contributed by atoms with van der Waals surface area (Å²) in [5.41, 5.74) is 3.79. The third-order valence-electron chi connectivity index (χ3n) is 4.40. The Kier molecular flexibility index (Phi) is 4.23. The molecule has 0 aliphatic carbocycles. The standard InChI is InChI=1S/C17H22N2O2/c20-15-8-1-2-9-16(21)19(15)12-10-14-6-3-5-13-7-4-11-18-17(13)14/h3,5-6,18H,1-2,4,7-12H2. The number of nitrogens with zero attached hydrogens (tertiary/aromatic N) is 1. The molecule has 2 heterocycles. The van der Waals surface area contributed by atoms with E-state index in [4.69, 9.17) is 0 Å². The minimum Gasteiger partial charge on any atom is -0.385 e. The van der Waals surface area contributed by atoms with Gasteiger partial charge in [0.1, 0.15) is 0 Å². The number of nitrogens with one attached hydrogen (secondary N) is 1. The lowest BCUT2D eigenvalue weighted by Crippen LogP contribution is -2.36. The third kappa shape index (κ3) is 3.09. The first kappa shape index (κ1) is 14.1. The van der Waals surface area contributed by atoms with Crippen molar-refractivity contribution in [3.05, 3.63) is 29.3 Å². The van der Waals surface area contributed by atoms with E-state index in [1.807, 2.05) is 0 Å². The Bertz CT molecular complexity index is 536. The van der Waals surface area contributed by atoms with Gasteiger partial charge in [0.05, 0.1) is 0 Å². The zero-order valence-corrected chi connectivity index (χ0v) is 12.4. The number of fused-ring (bicyclic) bond motifs is 1. The van der Waals surface area contributed by atoms with Crippen molar-refractivity contribution in [2.75, 3.05) is 18.4 Å². The molecule has 1 N–H and O–H groups in total. The van der Waals surface area contributed by atoms with Crippen LogP contribution in [0.2, 0.25) is 0 Å². The van der Waals surface area contributed by atoms with Gasteiger partial charge in [-0.15, -0.1) is 0 Å². The van der Waals surface area contributed by atoms with Crippen LogP contribution in [-0.2, 0) is 22.4 Å². The Morgan fingerprint density at radius 2 is 1.76 bits per heavy atom. The van der Waals surface area contributed by atoms with Gasteiger partial charge in [-0.1, -0.05) is 18.2 Å². The predicted octanol–water partition coefficient (Wildman–Crippen LogP) is 2.52. The average Bonchev–Trinajstić information content (AvgIpc) is 2.67. The molecule has 1 saturated heterocycles. The Morgan fingerprint density at radius 3 is 2.52 bits per heavy atom. The molecule has 1 aromatic carbocycles. The number of aryl methyl sites for hydroxylation is 1. The van der Waals surface area contributed by atoms with Crippen LogP contribution in [0.4, 0.5) is 5.69 Å². The highest BCUT2D eigenvalue weighted by Gasteiger charge is 2.24. The number of amides is 2. The Balaban J connectivity index is 1.72. The van der Waals surface area contributed by atoms with Gasteiger partial charge in [0.15, 0.2) is 0 Å². The van der Waals surface area contributed by atoms with Crippen LogP contribution in [0.5, 0.6) is 0 Å². The number of carbonyl (C=O) groups excluding carboxylic acids is 2. The lowest BCUT2D eigenvalue weighted by molar-refractivity contribution is -0.143. The van der Waals surface area contributed by atoms with Crippen molar-refractivity contribution in [1.82, 2.24) is 4.90 Å². The molecule has 0 saturated carbocycles. The summed E-state index contributed by atoms with van der Waals surface area (Å²) in [5, 5.41) is 3.47. The van der Waals surface area contributed by atoms with E-state index in [1.54, 1.807) is 0 Å². The van der Waals surface area contributed by atoms with Crippen LogP contribution >= 0.6 is 0 Å². The molecular formula is C17H22N2O2. The number of hydrogen-bond donors (Lipinski definition) is 1. The fourth-order valence-corrected chi connectivity index (χ4v) is 3.23. The van der Waals surface area contributed by atoms with Gasteiger partial charge in [0.2, 0.25) is 11.8 Å². The maximum Gasteiger partial charge on any atom is 0.229 e. The highest BCUT2D eigenvalue weighted by atomic mass is 16.2. The molecule has 1 aromatic rings. The second-order valence-electron chi connectivity index (χ2n) is 5.88. The lowest BCUT2D eigenvalue weighted by atomic mass is 9.98. The number of anilines is 1. The number of benzene rings is 1. The zero-order chi connectivity index (χ0) is 14.7. The Labute approximate surface area is 125 Å². The normalized spacial score (nSPS) is 19.0. The van der Waals surface area contributed by atoms with E-state index in [-0.39, 0.29) is 11.8 Å². The minimum absolute atomic E-state index is 0.00439. The minimum atomic E-state index is -0.00439. The van der Waals surface area contributed by atoms with Crippen molar-refractivity contribution in [2.24, 2.45) is 0 Å². The molecule has 1 fully saturated rings. The van der Waals surface area contributed by atoms with Gasteiger partial charge in [-0.25, -0.2) is 0 Å². The van der Waals surface area contributed by atoms with Gasteiger partial charge in [-0.05, 0) is 43.2 Å². The van der Waals surface area contributed by atoms with E-state index in [0.717, 1.165) is 32.2 Å². The molecule has 0 radical (unpaired) electrons. The molecule has 0 unspecified atom stereocenters. The summed E-state index contributed by atoms with van der Waals surface area (Å²) in [6.07, 6.45) is 5.71. The number of hydrogen-bond acceptors (Lipinski definition) is 3. The molecule has 4 heteroatoms. The van der Waals surface area contributed by atoms with Crippen LogP contribution in [0.15, 0.2) is 18.2 Å². The maximum absolute atomic E-state index is 12.0. The van der Waals surface area contributed by atoms with Crippen LogP contribution < -0.4 is 5.32 Å². The molecule has 0 aromatic heterocycles. The molecule has 0 spiro atoms. The van der Waals surface area contributed by atoms with Crippen LogP contribution in [0.3, 0.4) is 0 Å². The number of likely N-dealkylation sites (tertiary alicyclic amines) is 1. The van der Waals surface area contributed by atoms with E-state index >= 15 is 0 Å². The zero-order valence-electron chi connectivity index (χ0n) is 12.4. The third-order valence-corrected chi connectivity index (χ3v) is 4.40. The molecule has 0 atom stereocenters. The molecule has 0 bridgehead atoms. The summed E-state index contributed by atoms with van der Waals surface area (Å²) >= 11 is 0. The van der Waals surface area contributed by atoms with Gasteiger partial charge in [-0.3, -0.25) is 14.5 Å². The molecule has 2 amide bonds. The van der Waals surface area contributed by atoms with E-state index in [0.29, 0.717) is 19.4 Å². The first-order chi connectivity index (χ1) is 10.3. The summed E-state index contributed by atoms with van der Waals surface area (Å²) in [4.78, 5) is 25.5. The average molecular weight is 286 g/mol. The number of carbonyl (C=O) groups is 2. The van der Waals surface area contributed by atoms with Crippen LogP contribution in [0.1, 0.15) is 43.2 Å². The van der Waals surface area contributed by atoms with Crippen LogP contribution in [0, 0.1) is 0 Å². The molecular weight excluding hydrogens is 264 g/mol. The monoisotopic (exact) mass is 286 g/mol. The topological polar surface area (TPSA) is 49.4 Å². The van der Waals surface area contributed by atoms with Crippen molar-refractivity contribution >= 4 is 17.5 Å². The SMILES string of the molecule is O=C1CCCCC(=O)N1CCc1cccc2c1NCCC2. The van der Waals surface area contributed by atoms with Gasteiger partial charge in [-0.2, -0.15) is 0 Å². The second-order valence-corrected chi connectivity index (χ2v) is 5.88. The van der Waals surface area contributed by atoms with Crippen molar-refractivity contribution in [1.29, 1.82) is 0 Å². The van der Waals surface area contributed by atoms with Gasteiger partial charge in [0.25, 0.3) is 0 Å². The van der Waals surface area contributed by atoms with Crippen molar-refractivity contribution in [3.8, 4) is 0 Å². The molecule has 3 rings (SSSR count). The molecule has 2 aliphatic rings. The second kappa shape index (κ2) is 6.29. The fourth-order valence-electron chi connectivity index (χ4n) is 3.23. The van der Waals surface area contributed by atoms with Crippen LogP contribution in [-0.4, -0.2) is 29.8 Å². The van der Waals surface area contributed by atoms with Gasteiger partial charge >= 0.3 is 0 Å². The maximum atomic E-state index is 12.0. The summed E-state index contributed by atoms with van der Waals surface area (Å²) in [6.45, 7) is 1.52. The number of rotatable bonds is 3. The molecule has 2 aliphatic heterocycles.